The fraction of sp³-hybridized carbons (Fsp3) is 0.381. The molecule has 1 amide bonds. The summed E-state index contributed by atoms with van der Waals surface area (Å²) in [5.41, 5.74) is 3.69. The van der Waals surface area contributed by atoms with E-state index in [1.54, 1.807) is 19.1 Å². The van der Waals surface area contributed by atoms with E-state index in [4.69, 9.17) is 0 Å². The highest BCUT2D eigenvalue weighted by Gasteiger charge is 2.57. The van der Waals surface area contributed by atoms with E-state index >= 15 is 0 Å². The van der Waals surface area contributed by atoms with Crippen molar-refractivity contribution in [2.75, 3.05) is 12.3 Å². The number of fused-ring (bicyclic) bond motifs is 2. The highest BCUT2D eigenvalue weighted by atomic mass is 32.2. The van der Waals surface area contributed by atoms with Gasteiger partial charge in [-0.2, -0.15) is 0 Å². The molecular formula is C21H23NO3S. The number of hydrogen-bond acceptors (Lipinski definition) is 3. The van der Waals surface area contributed by atoms with Crippen LogP contribution in [0.4, 0.5) is 0 Å². The molecule has 1 N–H and O–H groups in total. The summed E-state index contributed by atoms with van der Waals surface area (Å²) in [7, 11) is -3.23. The molecule has 2 aliphatic carbocycles. The van der Waals surface area contributed by atoms with Gasteiger partial charge in [-0.05, 0) is 60.6 Å². The van der Waals surface area contributed by atoms with E-state index in [0.29, 0.717) is 18.0 Å². The Morgan fingerprint density at radius 2 is 1.88 bits per heavy atom. The number of nitrogens with one attached hydrogen (secondary N) is 1. The zero-order valence-corrected chi connectivity index (χ0v) is 15.7. The Balaban J connectivity index is 1.39. The SMILES string of the molecule is CCS(=O)(=O)c1ccc(C(=O)NC[C@H]2C[C@@]23CCc2ccccc23)cc1. The van der Waals surface area contributed by atoms with E-state index in [-0.39, 0.29) is 22.0 Å². The molecule has 2 aromatic rings. The maximum atomic E-state index is 12.4. The molecule has 136 valence electrons. The molecular weight excluding hydrogens is 346 g/mol. The minimum atomic E-state index is -3.23. The van der Waals surface area contributed by atoms with Gasteiger partial charge < -0.3 is 5.32 Å². The largest absolute Gasteiger partial charge is 0.352 e. The molecule has 2 aromatic carbocycles. The molecule has 0 heterocycles. The first-order valence-corrected chi connectivity index (χ1v) is 10.8. The quantitative estimate of drug-likeness (QED) is 0.881. The van der Waals surface area contributed by atoms with Crippen LogP contribution >= 0.6 is 0 Å². The van der Waals surface area contributed by atoms with Gasteiger partial charge in [0.25, 0.3) is 5.91 Å². The highest BCUT2D eigenvalue weighted by Crippen LogP contribution is 2.61. The van der Waals surface area contributed by atoms with Gasteiger partial charge in [-0.15, -0.1) is 0 Å². The molecule has 1 fully saturated rings. The van der Waals surface area contributed by atoms with Crippen LogP contribution in [0.2, 0.25) is 0 Å². The number of aryl methyl sites for hydroxylation is 1. The summed E-state index contributed by atoms with van der Waals surface area (Å²) in [6, 6.07) is 14.8. The molecule has 1 spiro atoms. The van der Waals surface area contributed by atoms with Crippen LogP contribution in [0.25, 0.3) is 0 Å². The van der Waals surface area contributed by atoms with Crippen LogP contribution in [0.15, 0.2) is 53.4 Å². The summed E-state index contributed by atoms with van der Waals surface area (Å²) in [5.74, 6) is 0.415. The van der Waals surface area contributed by atoms with Crippen molar-refractivity contribution in [3.63, 3.8) is 0 Å². The van der Waals surface area contributed by atoms with Gasteiger partial charge in [-0.3, -0.25) is 4.79 Å². The van der Waals surface area contributed by atoms with E-state index in [9.17, 15) is 13.2 Å². The first-order valence-electron chi connectivity index (χ1n) is 9.16. The van der Waals surface area contributed by atoms with E-state index < -0.39 is 9.84 Å². The van der Waals surface area contributed by atoms with Crippen LogP contribution in [0, 0.1) is 5.92 Å². The second kappa shape index (κ2) is 6.23. The van der Waals surface area contributed by atoms with Crippen LogP contribution in [0.5, 0.6) is 0 Å². The van der Waals surface area contributed by atoms with Crippen molar-refractivity contribution in [1.29, 1.82) is 0 Å². The lowest BCUT2D eigenvalue weighted by atomic mass is 9.95. The molecule has 5 heteroatoms. The van der Waals surface area contributed by atoms with Crippen molar-refractivity contribution < 1.29 is 13.2 Å². The Morgan fingerprint density at radius 3 is 2.62 bits per heavy atom. The Morgan fingerprint density at radius 1 is 1.15 bits per heavy atom. The van der Waals surface area contributed by atoms with Gasteiger partial charge in [0.05, 0.1) is 10.6 Å². The van der Waals surface area contributed by atoms with Gasteiger partial charge in [0, 0.05) is 17.5 Å². The van der Waals surface area contributed by atoms with Gasteiger partial charge in [0.2, 0.25) is 0 Å². The summed E-state index contributed by atoms with van der Waals surface area (Å²) >= 11 is 0. The topological polar surface area (TPSA) is 63.2 Å². The fourth-order valence-electron chi connectivity index (χ4n) is 4.30. The van der Waals surface area contributed by atoms with Gasteiger partial charge in [0.15, 0.2) is 9.84 Å². The van der Waals surface area contributed by atoms with Crippen LogP contribution in [0.1, 0.15) is 41.3 Å². The molecule has 2 aliphatic rings. The molecule has 2 atom stereocenters. The molecule has 0 unspecified atom stereocenters. The summed E-state index contributed by atoms with van der Waals surface area (Å²) in [4.78, 5) is 12.7. The predicted molar refractivity (Wildman–Crippen MR) is 101 cm³/mol. The summed E-state index contributed by atoms with van der Waals surface area (Å²) in [6.07, 6.45) is 3.45. The molecule has 0 aromatic heterocycles. The number of hydrogen-bond donors (Lipinski definition) is 1. The lowest BCUT2D eigenvalue weighted by Gasteiger charge is -2.12. The Labute approximate surface area is 154 Å². The van der Waals surface area contributed by atoms with Crippen molar-refractivity contribution in [2.24, 2.45) is 5.92 Å². The van der Waals surface area contributed by atoms with Crippen molar-refractivity contribution in [2.45, 2.75) is 36.5 Å². The maximum Gasteiger partial charge on any atom is 0.251 e. The summed E-state index contributed by atoms with van der Waals surface area (Å²) in [5, 5.41) is 3.03. The number of sulfone groups is 1. The van der Waals surface area contributed by atoms with E-state index in [2.05, 4.69) is 29.6 Å². The summed E-state index contributed by atoms with van der Waals surface area (Å²) in [6.45, 7) is 2.28. The van der Waals surface area contributed by atoms with Gasteiger partial charge in [-0.1, -0.05) is 31.2 Å². The maximum absolute atomic E-state index is 12.4. The second-order valence-electron chi connectivity index (χ2n) is 7.35. The number of amides is 1. The molecule has 26 heavy (non-hydrogen) atoms. The molecule has 0 aliphatic heterocycles. The van der Waals surface area contributed by atoms with Crippen LogP contribution in [0.3, 0.4) is 0 Å². The molecule has 0 bridgehead atoms. The third-order valence-corrected chi connectivity index (χ3v) is 7.74. The number of carbonyl (C=O) groups excluding carboxylic acids is 1. The smallest absolute Gasteiger partial charge is 0.251 e. The highest BCUT2D eigenvalue weighted by molar-refractivity contribution is 7.91. The minimum Gasteiger partial charge on any atom is -0.352 e. The Hall–Kier alpha value is -2.14. The van der Waals surface area contributed by atoms with Crippen molar-refractivity contribution in [3.05, 3.63) is 65.2 Å². The molecule has 0 saturated heterocycles. The molecule has 4 nitrogen and oxygen atoms in total. The van der Waals surface area contributed by atoms with Gasteiger partial charge in [0.1, 0.15) is 0 Å². The third kappa shape index (κ3) is 2.84. The standard InChI is InChI=1S/C21H23NO3S/c1-2-26(24,25)18-9-7-16(8-10-18)20(23)22-14-17-13-21(17)12-11-15-5-3-4-6-19(15)21/h3-10,17H,2,11-14H2,1H3,(H,22,23)/t17-,21+/m1/s1. The fourth-order valence-corrected chi connectivity index (χ4v) is 5.18. The summed E-state index contributed by atoms with van der Waals surface area (Å²) < 4.78 is 23.7. The zero-order chi connectivity index (χ0) is 18.4. The van der Waals surface area contributed by atoms with E-state index in [0.717, 1.165) is 12.8 Å². The number of benzene rings is 2. The third-order valence-electron chi connectivity index (χ3n) is 5.99. The molecule has 4 rings (SSSR count). The average Bonchev–Trinajstić information content (AvgIpc) is 3.26. The first-order chi connectivity index (χ1) is 12.5. The predicted octanol–water partition coefficient (Wildman–Crippen LogP) is 3.11. The first kappa shape index (κ1) is 17.3. The lowest BCUT2D eigenvalue weighted by Crippen LogP contribution is -2.27. The van der Waals surface area contributed by atoms with Crippen LogP contribution < -0.4 is 5.32 Å². The van der Waals surface area contributed by atoms with Crippen molar-refractivity contribution in [3.8, 4) is 0 Å². The van der Waals surface area contributed by atoms with Gasteiger partial charge >= 0.3 is 0 Å². The van der Waals surface area contributed by atoms with Gasteiger partial charge in [-0.25, -0.2) is 8.42 Å². The average molecular weight is 369 g/mol. The molecule has 1 saturated carbocycles. The van der Waals surface area contributed by atoms with Crippen LogP contribution in [-0.2, 0) is 21.7 Å². The Kier molecular flexibility index (Phi) is 4.14. The monoisotopic (exact) mass is 369 g/mol. The zero-order valence-electron chi connectivity index (χ0n) is 14.9. The second-order valence-corrected chi connectivity index (χ2v) is 9.63. The minimum absolute atomic E-state index is 0.0593. The normalized spacial score (nSPS) is 23.7. The number of carbonyl (C=O) groups is 1. The Bertz CT molecular complexity index is 949. The number of rotatable bonds is 5. The van der Waals surface area contributed by atoms with Crippen molar-refractivity contribution in [1.82, 2.24) is 5.32 Å². The molecule has 0 radical (unpaired) electrons. The van der Waals surface area contributed by atoms with E-state index in [1.807, 2.05) is 0 Å². The van der Waals surface area contributed by atoms with Crippen molar-refractivity contribution >= 4 is 15.7 Å². The van der Waals surface area contributed by atoms with E-state index in [1.165, 1.54) is 29.7 Å². The van der Waals surface area contributed by atoms with Crippen LogP contribution in [-0.4, -0.2) is 26.6 Å². The lowest BCUT2D eigenvalue weighted by molar-refractivity contribution is 0.0951.